The summed E-state index contributed by atoms with van der Waals surface area (Å²) in [6.45, 7) is 2.05. The van der Waals surface area contributed by atoms with Gasteiger partial charge in [-0.15, -0.1) is 5.10 Å². The largest absolute Gasteiger partial charge is 0.487 e. The molecule has 0 aliphatic heterocycles. The molecule has 0 saturated heterocycles. The Morgan fingerprint density at radius 1 is 0.822 bits per heavy atom. The van der Waals surface area contributed by atoms with Gasteiger partial charge in [-0.2, -0.15) is 0 Å². The number of aryl methyl sites for hydroxylation is 1. The van der Waals surface area contributed by atoms with Gasteiger partial charge in [0.15, 0.2) is 5.76 Å². The van der Waals surface area contributed by atoms with E-state index in [0.717, 1.165) is 22.1 Å². The summed E-state index contributed by atoms with van der Waals surface area (Å²) in [6.07, 6.45) is 1.44. The molecule has 0 atom stereocenters. The number of hydrogen-bond acceptors (Lipinski definition) is 7. The third-order valence-electron chi connectivity index (χ3n) is 7.36. The number of carboxylic acids is 1. The summed E-state index contributed by atoms with van der Waals surface area (Å²) in [4.78, 5) is 16.6. The number of fused-ring (bicyclic) bond motifs is 1. The minimum absolute atomic E-state index is 0.00676. The lowest BCUT2D eigenvalue weighted by Crippen LogP contribution is -2.02. The van der Waals surface area contributed by atoms with E-state index < -0.39 is 5.97 Å². The number of oxazole rings is 1. The number of carbonyl (C=O) groups is 1. The van der Waals surface area contributed by atoms with E-state index in [0.29, 0.717) is 40.1 Å². The monoisotopic (exact) mass is 597 g/mol. The second-order valence-corrected chi connectivity index (χ2v) is 10.3. The highest BCUT2D eigenvalue weighted by Crippen LogP contribution is 2.37. The molecule has 0 radical (unpaired) electrons. The Morgan fingerprint density at radius 2 is 1.51 bits per heavy atom. The molecule has 0 aliphatic carbocycles. The molecule has 45 heavy (non-hydrogen) atoms. The Hall–Kier alpha value is -6.09. The van der Waals surface area contributed by atoms with Crippen molar-refractivity contribution in [3.05, 3.63) is 138 Å². The zero-order valence-corrected chi connectivity index (χ0v) is 24.2. The first-order chi connectivity index (χ1) is 22.0. The van der Waals surface area contributed by atoms with E-state index in [-0.39, 0.29) is 24.7 Å². The summed E-state index contributed by atoms with van der Waals surface area (Å²) in [6, 6.07) is 34.4. The number of aromatic carboxylic acids is 1. The van der Waals surface area contributed by atoms with Gasteiger partial charge in [-0.05, 0) is 48.9 Å². The second kappa shape index (κ2) is 11.9. The number of carboxylic acid groups (broad SMARTS) is 1. The van der Waals surface area contributed by atoms with Crippen LogP contribution in [0.25, 0.3) is 39.2 Å². The molecule has 3 heterocycles. The molecule has 0 spiro atoms. The van der Waals surface area contributed by atoms with E-state index in [2.05, 4.69) is 10.1 Å². The van der Waals surface area contributed by atoms with E-state index in [1.165, 1.54) is 10.9 Å². The smallest absolute Gasteiger partial charge is 0.342 e. The Morgan fingerprint density at radius 3 is 2.22 bits per heavy atom. The molecule has 9 heteroatoms. The van der Waals surface area contributed by atoms with Crippen LogP contribution in [0.15, 0.2) is 124 Å². The predicted molar refractivity (Wildman–Crippen MR) is 168 cm³/mol. The first-order valence-corrected chi connectivity index (χ1v) is 14.3. The highest BCUT2D eigenvalue weighted by atomic mass is 16.5. The van der Waals surface area contributed by atoms with Gasteiger partial charge in [-0.1, -0.05) is 66.7 Å². The molecule has 0 saturated carbocycles. The SMILES string of the molecule is Cc1oc(-c2ccccc2)nc1COc1ccc2c(-c3ccccc3)c(COc3nn(-c4ccccc4)cc3C(=O)O)oc2c1. The van der Waals surface area contributed by atoms with Gasteiger partial charge < -0.3 is 23.4 Å². The van der Waals surface area contributed by atoms with Gasteiger partial charge in [0, 0.05) is 28.8 Å². The fourth-order valence-corrected chi connectivity index (χ4v) is 5.12. The zero-order valence-electron chi connectivity index (χ0n) is 24.2. The molecule has 0 fully saturated rings. The molecule has 0 bridgehead atoms. The van der Waals surface area contributed by atoms with E-state index >= 15 is 0 Å². The third kappa shape index (κ3) is 5.66. The summed E-state index contributed by atoms with van der Waals surface area (Å²) in [5, 5.41) is 15.1. The Bertz CT molecular complexity index is 2100. The third-order valence-corrected chi connectivity index (χ3v) is 7.36. The molecule has 0 unspecified atom stereocenters. The fraction of sp³-hybridized carbons (Fsp3) is 0.0833. The van der Waals surface area contributed by atoms with Crippen LogP contribution in [0.1, 0.15) is 27.6 Å². The van der Waals surface area contributed by atoms with Crippen molar-refractivity contribution in [1.29, 1.82) is 0 Å². The number of aromatic nitrogens is 3. The second-order valence-electron chi connectivity index (χ2n) is 10.3. The predicted octanol–water partition coefficient (Wildman–Crippen LogP) is 8.11. The quantitative estimate of drug-likeness (QED) is 0.168. The molecule has 4 aromatic carbocycles. The maximum absolute atomic E-state index is 12.0. The maximum atomic E-state index is 12.0. The highest BCUT2D eigenvalue weighted by Gasteiger charge is 2.22. The average Bonchev–Trinajstić information content (AvgIpc) is 3.78. The van der Waals surface area contributed by atoms with Gasteiger partial charge in [0.1, 0.15) is 41.6 Å². The van der Waals surface area contributed by atoms with Crippen molar-refractivity contribution in [2.24, 2.45) is 0 Å². The maximum Gasteiger partial charge on any atom is 0.342 e. The molecule has 1 N–H and O–H groups in total. The average molecular weight is 598 g/mol. The molecule has 7 rings (SSSR count). The Labute approximate surface area is 257 Å². The number of furan rings is 1. The number of nitrogens with zero attached hydrogens (tertiary/aromatic N) is 3. The lowest BCUT2D eigenvalue weighted by atomic mass is 10.0. The minimum atomic E-state index is -1.14. The van der Waals surface area contributed by atoms with Crippen LogP contribution in [0, 0.1) is 6.92 Å². The lowest BCUT2D eigenvalue weighted by molar-refractivity contribution is 0.0691. The van der Waals surface area contributed by atoms with E-state index in [1.54, 1.807) is 0 Å². The van der Waals surface area contributed by atoms with Gasteiger partial charge in [0.2, 0.25) is 11.8 Å². The standard InChI is InChI=1S/C36H27N3O6/c1-23-30(37-34(44-23)25-13-7-3-8-14-25)21-42-27-17-18-28-31(19-27)45-32(33(28)24-11-5-2-6-12-24)22-43-35-29(36(40)41)20-39(38-35)26-15-9-4-10-16-26/h2-20H,21-22H2,1H3,(H,40,41). The van der Waals surface area contributed by atoms with E-state index in [4.69, 9.17) is 18.3 Å². The van der Waals surface area contributed by atoms with Gasteiger partial charge in [-0.25, -0.2) is 14.5 Å². The highest BCUT2D eigenvalue weighted by molar-refractivity contribution is 5.96. The van der Waals surface area contributed by atoms with Crippen LogP contribution in [0.2, 0.25) is 0 Å². The molecular weight excluding hydrogens is 570 g/mol. The summed E-state index contributed by atoms with van der Waals surface area (Å²) in [5.74, 6) is 1.22. The molecular formula is C36H27N3O6. The van der Waals surface area contributed by atoms with E-state index in [1.807, 2.05) is 116 Å². The van der Waals surface area contributed by atoms with Crippen molar-refractivity contribution in [2.45, 2.75) is 20.1 Å². The van der Waals surface area contributed by atoms with Crippen LogP contribution in [0.4, 0.5) is 0 Å². The topological polar surface area (TPSA) is 113 Å². The van der Waals surface area contributed by atoms with Crippen LogP contribution >= 0.6 is 0 Å². The summed E-state index contributed by atoms with van der Waals surface area (Å²) in [5.41, 5.74) is 4.64. The van der Waals surface area contributed by atoms with Crippen LogP contribution < -0.4 is 9.47 Å². The number of benzene rings is 4. The summed E-state index contributed by atoms with van der Waals surface area (Å²) in [7, 11) is 0. The molecule has 3 aromatic heterocycles. The van der Waals surface area contributed by atoms with Crippen molar-refractivity contribution in [2.75, 3.05) is 0 Å². The van der Waals surface area contributed by atoms with Crippen molar-refractivity contribution in [3.8, 4) is 39.9 Å². The molecule has 9 nitrogen and oxygen atoms in total. The first-order valence-electron chi connectivity index (χ1n) is 14.3. The number of rotatable bonds is 10. The molecule has 0 aliphatic rings. The van der Waals surface area contributed by atoms with Crippen LogP contribution in [0.5, 0.6) is 11.6 Å². The van der Waals surface area contributed by atoms with Gasteiger partial charge in [0.05, 0.1) is 5.69 Å². The number of para-hydroxylation sites is 1. The molecule has 0 amide bonds. The van der Waals surface area contributed by atoms with Crippen molar-refractivity contribution in [1.82, 2.24) is 14.8 Å². The number of hydrogen-bond donors (Lipinski definition) is 1. The lowest BCUT2D eigenvalue weighted by Gasteiger charge is -2.06. The Kier molecular flexibility index (Phi) is 7.33. The Balaban J connectivity index is 1.17. The van der Waals surface area contributed by atoms with E-state index in [9.17, 15) is 9.90 Å². The van der Waals surface area contributed by atoms with Crippen LogP contribution in [-0.2, 0) is 13.2 Å². The van der Waals surface area contributed by atoms with Gasteiger partial charge in [-0.3, -0.25) is 0 Å². The minimum Gasteiger partial charge on any atom is -0.487 e. The summed E-state index contributed by atoms with van der Waals surface area (Å²) >= 11 is 0. The van der Waals surface area contributed by atoms with Crippen LogP contribution in [0.3, 0.4) is 0 Å². The molecule has 7 aromatic rings. The van der Waals surface area contributed by atoms with Crippen molar-refractivity contribution < 1.29 is 28.2 Å². The van der Waals surface area contributed by atoms with Crippen molar-refractivity contribution >= 4 is 16.9 Å². The normalized spacial score (nSPS) is 11.1. The van der Waals surface area contributed by atoms with Crippen LogP contribution in [-0.4, -0.2) is 25.8 Å². The first kappa shape index (κ1) is 27.7. The van der Waals surface area contributed by atoms with Gasteiger partial charge in [0.25, 0.3) is 0 Å². The van der Waals surface area contributed by atoms with Gasteiger partial charge >= 0.3 is 5.97 Å². The number of ether oxygens (including phenoxy) is 2. The summed E-state index contributed by atoms with van der Waals surface area (Å²) < 4.78 is 25.8. The zero-order chi connectivity index (χ0) is 30.8. The van der Waals surface area contributed by atoms with Crippen molar-refractivity contribution in [3.63, 3.8) is 0 Å². The fourth-order valence-electron chi connectivity index (χ4n) is 5.12. The molecule has 222 valence electrons.